The zero-order chi connectivity index (χ0) is 67.0. The summed E-state index contributed by atoms with van der Waals surface area (Å²) in [5, 5.41) is 8.37. The molecule has 0 aliphatic rings. The van der Waals surface area contributed by atoms with E-state index < -0.39 is 31.6 Å². The largest absolute Gasteiger partial charge is 0.487 e. The fourth-order valence-corrected chi connectivity index (χ4v) is 10.6. The molecule has 0 atom stereocenters. The molecule has 0 fully saturated rings. The summed E-state index contributed by atoms with van der Waals surface area (Å²) < 4.78 is 100. The number of fused-ring (bicyclic) bond motifs is 2. The minimum Gasteiger partial charge on any atom is -0.487 e. The molecule has 93 heavy (non-hydrogen) atoms. The Balaban J connectivity index is 0.000000218. The molecule has 0 saturated carbocycles. The van der Waals surface area contributed by atoms with E-state index in [1.165, 1.54) is 80.7 Å². The zero-order valence-electron chi connectivity index (χ0n) is 51.0. The molecule has 0 spiro atoms. The van der Waals surface area contributed by atoms with Crippen molar-refractivity contribution in [2.45, 2.75) is 54.0 Å². The van der Waals surface area contributed by atoms with E-state index in [2.05, 4.69) is 35.3 Å². The zero-order valence-corrected chi connectivity index (χ0v) is 54.1. The third kappa shape index (κ3) is 20.7. The molecule has 4 heterocycles. The minimum absolute atomic E-state index is 0.0475. The summed E-state index contributed by atoms with van der Waals surface area (Å²) in [5.74, 6) is 1.58. The highest BCUT2D eigenvalue weighted by atomic mass is 35.5. The second-order valence-corrected chi connectivity index (χ2v) is 26.3. The van der Waals surface area contributed by atoms with E-state index in [0.717, 1.165) is 22.7 Å². The van der Waals surface area contributed by atoms with Crippen LogP contribution >= 0.6 is 23.2 Å². The molecular formula is C66H62Cl2F2N8O13S2. The van der Waals surface area contributed by atoms with Gasteiger partial charge < -0.3 is 38.6 Å². The monoisotopic (exact) mass is 1350 g/mol. The van der Waals surface area contributed by atoms with Crippen molar-refractivity contribution in [2.75, 3.05) is 47.3 Å². The molecule has 21 nitrogen and oxygen atoms in total. The Morgan fingerprint density at radius 1 is 0.581 bits per heavy atom. The number of carbonyl (C=O) groups excluding carboxylic acids is 4. The van der Waals surface area contributed by atoms with Crippen LogP contribution in [-0.2, 0) is 69.9 Å². The van der Waals surface area contributed by atoms with Gasteiger partial charge in [-0.1, -0.05) is 47.5 Å². The van der Waals surface area contributed by atoms with Crippen molar-refractivity contribution in [2.24, 2.45) is 0 Å². The molecule has 27 heteroatoms. The summed E-state index contributed by atoms with van der Waals surface area (Å²) in [7, 11) is -6.27. The number of ether oxygens (including phenoxy) is 3. The molecule has 0 saturated heterocycles. The van der Waals surface area contributed by atoms with E-state index >= 15 is 0 Å². The van der Waals surface area contributed by atoms with Gasteiger partial charge in [-0.15, -0.1) is 0 Å². The number of nitrogens with zero attached hydrogens (tertiary/aromatic N) is 6. The number of aromatic nitrogens is 4. The van der Waals surface area contributed by atoms with Crippen LogP contribution in [0, 0.1) is 11.6 Å². The molecule has 0 bridgehead atoms. The van der Waals surface area contributed by atoms with Gasteiger partial charge in [-0.3, -0.25) is 24.1 Å². The lowest BCUT2D eigenvalue weighted by atomic mass is 10.1. The van der Waals surface area contributed by atoms with Crippen LogP contribution in [0.1, 0.15) is 50.3 Å². The van der Waals surface area contributed by atoms with E-state index in [-0.39, 0.29) is 66.3 Å². The van der Waals surface area contributed by atoms with Crippen molar-refractivity contribution >= 4 is 111 Å². The van der Waals surface area contributed by atoms with E-state index in [1.807, 2.05) is 42.5 Å². The number of sulfone groups is 2. The molecule has 0 unspecified atom stereocenters. The average Bonchev–Trinajstić information content (AvgIpc) is 1.73. The Morgan fingerprint density at radius 2 is 1.13 bits per heavy atom. The number of hydrogen-bond donors (Lipinski definition) is 2. The predicted molar refractivity (Wildman–Crippen MR) is 350 cm³/mol. The van der Waals surface area contributed by atoms with Crippen LogP contribution in [0.15, 0.2) is 167 Å². The third-order valence-corrected chi connectivity index (χ3v) is 15.8. The van der Waals surface area contributed by atoms with E-state index in [9.17, 15) is 44.8 Å². The smallest absolute Gasteiger partial charge is 0.310 e. The number of carbonyl (C=O) groups is 4. The second kappa shape index (κ2) is 31.6. The van der Waals surface area contributed by atoms with Gasteiger partial charge in [0.1, 0.15) is 97.5 Å². The van der Waals surface area contributed by atoms with E-state index in [1.54, 1.807) is 78.9 Å². The predicted octanol–water partition coefficient (Wildman–Crippen LogP) is 12.6. The maximum absolute atomic E-state index is 13.6. The van der Waals surface area contributed by atoms with Crippen LogP contribution in [0.4, 0.5) is 31.8 Å². The number of halogens is 4. The molecule has 2 N–H and O–H groups in total. The van der Waals surface area contributed by atoms with Gasteiger partial charge in [-0.05, 0) is 132 Å². The Morgan fingerprint density at radius 3 is 1.67 bits per heavy atom. The molecule has 2 amide bonds. The Bertz CT molecular complexity index is 4580. The second-order valence-electron chi connectivity index (χ2n) is 21.0. The van der Waals surface area contributed by atoms with Crippen molar-refractivity contribution in [3.63, 3.8) is 0 Å². The Kier molecular flexibility index (Phi) is 23.5. The number of furan rings is 2. The molecule has 484 valence electrons. The van der Waals surface area contributed by atoms with Crippen molar-refractivity contribution in [3.05, 3.63) is 203 Å². The molecule has 0 aliphatic heterocycles. The van der Waals surface area contributed by atoms with Crippen LogP contribution in [0.2, 0.25) is 10.0 Å². The number of amides is 2. The van der Waals surface area contributed by atoms with Crippen molar-refractivity contribution in [1.29, 1.82) is 0 Å². The lowest BCUT2D eigenvalue weighted by molar-refractivity contribution is -0.156. The van der Waals surface area contributed by atoms with Crippen LogP contribution in [-0.4, -0.2) is 103 Å². The van der Waals surface area contributed by atoms with Crippen molar-refractivity contribution < 1.29 is 67.8 Å². The molecular weight excluding hydrogens is 1290 g/mol. The first kappa shape index (κ1) is 69.2. The number of nitrogens with one attached hydrogen (secondary N) is 2. The number of benzene rings is 6. The first-order valence-corrected chi connectivity index (χ1v) is 33.2. The van der Waals surface area contributed by atoms with Gasteiger partial charge in [0, 0.05) is 80.9 Å². The summed E-state index contributed by atoms with van der Waals surface area (Å²) >= 11 is 13.0. The van der Waals surface area contributed by atoms with Gasteiger partial charge in [0.15, 0.2) is 5.82 Å². The third-order valence-electron chi connectivity index (χ3n) is 13.4. The Labute approximate surface area is 544 Å². The summed E-state index contributed by atoms with van der Waals surface area (Å²) in [4.78, 5) is 65.2. The summed E-state index contributed by atoms with van der Waals surface area (Å²) in [6, 6.07) is 40.8. The fraction of sp³-hybridized carbons (Fsp3) is 0.212. The lowest BCUT2D eigenvalue weighted by Gasteiger charge is -2.22. The molecule has 4 aromatic heterocycles. The van der Waals surface area contributed by atoms with Gasteiger partial charge >= 0.3 is 11.9 Å². The maximum Gasteiger partial charge on any atom is 0.310 e. The Hall–Kier alpha value is -9.66. The minimum atomic E-state index is -3.25. The van der Waals surface area contributed by atoms with Crippen LogP contribution in [0.3, 0.4) is 0 Å². The number of hydrogen-bond acceptors (Lipinski definition) is 19. The van der Waals surface area contributed by atoms with Gasteiger partial charge in [0.2, 0.25) is 11.8 Å². The van der Waals surface area contributed by atoms with Gasteiger partial charge in [0.05, 0.1) is 51.4 Å². The fourth-order valence-electron chi connectivity index (χ4n) is 9.02. The normalized spacial score (nSPS) is 11.2. The van der Waals surface area contributed by atoms with Gasteiger partial charge in [-0.25, -0.2) is 45.6 Å². The van der Waals surface area contributed by atoms with Crippen LogP contribution in [0.25, 0.3) is 44.5 Å². The van der Waals surface area contributed by atoms with E-state index in [0.29, 0.717) is 103 Å². The summed E-state index contributed by atoms with van der Waals surface area (Å²) in [6.07, 6.45) is 5.18. The van der Waals surface area contributed by atoms with E-state index in [4.69, 9.17) is 41.5 Å². The standard InChI is InChI=1S/C33H30ClFN4O6S.C29H26ClFN4O4S.C4H6O3/c1-21(40)38(13-14-46(3,42)43)18-27-9-12-31(45-27)24-7-10-30-28(16-24)33(37-20-36-30)39(22(2)41)26-8-11-32(29(34)17-26)44-19-23-5-4-6-25(35)15-23;1-40(36,37)12-11-32-16-23-7-10-27(39-23)20-5-8-26-24(14-20)29(34-18-33-26)35-22-6-9-28(25(30)15-22)38-17-19-3-2-4-21(31)13-19;1-3(5)7-4(2)6/h4-12,15-17,20H,13-14,18-19H2,1-3H3;2-10,13-15,18,32H,11-12,16-17H2,1H3,(H,33,34,35);1-2H3. The highest BCUT2D eigenvalue weighted by molar-refractivity contribution is 7.90. The average molecular weight is 1350 g/mol. The van der Waals surface area contributed by atoms with Crippen LogP contribution < -0.4 is 25.0 Å². The maximum atomic E-state index is 13.6. The topological polar surface area (TPSA) is 273 Å². The van der Waals surface area contributed by atoms with Crippen molar-refractivity contribution in [3.8, 4) is 34.1 Å². The first-order valence-electron chi connectivity index (χ1n) is 28.3. The molecule has 0 radical (unpaired) electrons. The number of rotatable bonds is 22. The molecule has 10 aromatic rings. The van der Waals surface area contributed by atoms with Crippen molar-refractivity contribution in [1.82, 2.24) is 30.2 Å². The number of anilines is 4. The highest BCUT2D eigenvalue weighted by Crippen LogP contribution is 2.38. The molecule has 0 aliphatic carbocycles. The number of esters is 2. The van der Waals surface area contributed by atoms with Gasteiger partial charge in [-0.2, -0.15) is 0 Å². The first-order chi connectivity index (χ1) is 44.2. The summed E-state index contributed by atoms with van der Waals surface area (Å²) in [6.45, 7) is 6.36. The highest BCUT2D eigenvalue weighted by Gasteiger charge is 2.22. The summed E-state index contributed by atoms with van der Waals surface area (Å²) in [5.41, 5.74) is 5.32. The molecule has 6 aromatic carbocycles. The van der Waals surface area contributed by atoms with Crippen LogP contribution in [0.5, 0.6) is 11.5 Å². The molecule has 10 rings (SSSR count). The quantitative estimate of drug-likeness (QED) is 0.0362. The SMILES string of the molecule is CC(=O)N(CCS(C)(=O)=O)Cc1ccc(-c2ccc3ncnc(N(C(C)=O)c4ccc(OCc5cccc(F)c5)c(Cl)c4)c3c2)o1.CC(=O)OC(C)=O.CS(=O)(=O)CCNCc1ccc(-c2ccc3ncnc(Nc4ccc(OCc5cccc(F)c5)c(Cl)c4)c3c2)o1. The lowest BCUT2D eigenvalue weighted by Crippen LogP contribution is -2.32. The van der Waals surface area contributed by atoms with Gasteiger partial charge in [0.25, 0.3) is 0 Å².